The predicted molar refractivity (Wildman–Crippen MR) is 122 cm³/mol. The fraction of sp³-hybridized carbons (Fsp3) is 0.136. The van der Waals surface area contributed by atoms with E-state index in [0.29, 0.717) is 16.5 Å². The van der Waals surface area contributed by atoms with E-state index in [1.54, 1.807) is 24.3 Å². The summed E-state index contributed by atoms with van der Waals surface area (Å²) in [5.74, 6) is -0.172. The third kappa shape index (κ3) is 6.21. The molecular formula is C22H20Cl2N2O4S. The Balaban J connectivity index is 1.88. The fourth-order valence-electron chi connectivity index (χ4n) is 2.90. The minimum Gasteiger partial charge on any atom is -0.495 e. The van der Waals surface area contributed by atoms with Gasteiger partial charge in [0.1, 0.15) is 11.8 Å². The first-order valence-electron chi connectivity index (χ1n) is 9.25. The Kier molecular flexibility index (Phi) is 7.56. The molecule has 6 nitrogen and oxygen atoms in total. The van der Waals surface area contributed by atoms with E-state index in [1.165, 1.54) is 25.3 Å². The van der Waals surface area contributed by atoms with Gasteiger partial charge in [-0.05, 0) is 48.4 Å². The maximum absolute atomic E-state index is 13.0. The van der Waals surface area contributed by atoms with Crippen molar-refractivity contribution in [3.05, 3.63) is 88.4 Å². The second-order valence-electron chi connectivity index (χ2n) is 6.66. The molecule has 0 aromatic heterocycles. The van der Waals surface area contributed by atoms with E-state index in [9.17, 15) is 13.2 Å². The molecule has 0 fully saturated rings. The van der Waals surface area contributed by atoms with Gasteiger partial charge in [0, 0.05) is 10.7 Å². The second kappa shape index (κ2) is 10.2. The SMILES string of the molecule is COc1ccc(S(=O)(=O)NC(Cc2ccccc2)C(=O)Nc2cccc(Cl)c2)cc1Cl. The molecular weight excluding hydrogens is 459 g/mol. The summed E-state index contributed by atoms with van der Waals surface area (Å²) >= 11 is 12.1. The lowest BCUT2D eigenvalue weighted by molar-refractivity contribution is -0.117. The summed E-state index contributed by atoms with van der Waals surface area (Å²) in [4.78, 5) is 12.9. The Labute approximate surface area is 191 Å². The molecule has 0 saturated heterocycles. The molecule has 1 amide bonds. The zero-order valence-electron chi connectivity index (χ0n) is 16.5. The maximum atomic E-state index is 13.0. The van der Waals surface area contributed by atoms with Gasteiger partial charge in [-0.2, -0.15) is 4.72 Å². The topological polar surface area (TPSA) is 84.5 Å². The van der Waals surface area contributed by atoms with Gasteiger partial charge in [-0.25, -0.2) is 8.42 Å². The van der Waals surface area contributed by atoms with Gasteiger partial charge in [0.05, 0.1) is 17.0 Å². The Morgan fingerprint density at radius 2 is 1.74 bits per heavy atom. The van der Waals surface area contributed by atoms with E-state index >= 15 is 0 Å². The van der Waals surface area contributed by atoms with E-state index in [1.807, 2.05) is 30.3 Å². The molecule has 3 aromatic carbocycles. The number of methoxy groups -OCH3 is 1. The van der Waals surface area contributed by atoms with Gasteiger partial charge in [-0.1, -0.05) is 59.6 Å². The van der Waals surface area contributed by atoms with Crippen molar-refractivity contribution in [2.45, 2.75) is 17.4 Å². The van der Waals surface area contributed by atoms with Crippen LogP contribution >= 0.6 is 23.2 Å². The van der Waals surface area contributed by atoms with Gasteiger partial charge in [0.2, 0.25) is 15.9 Å². The second-order valence-corrected chi connectivity index (χ2v) is 9.22. The summed E-state index contributed by atoms with van der Waals surface area (Å²) in [6.45, 7) is 0. The van der Waals surface area contributed by atoms with Crippen LogP contribution in [0, 0.1) is 0 Å². The highest BCUT2D eigenvalue weighted by atomic mass is 35.5. The molecule has 0 aliphatic rings. The first kappa shape index (κ1) is 23.1. The predicted octanol–water partition coefficient (Wildman–Crippen LogP) is 4.53. The standard InChI is InChI=1S/C22H20Cl2N2O4S/c1-30-21-11-10-18(14-19(21)24)31(28,29)26-20(12-15-6-3-2-4-7-15)22(27)25-17-9-5-8-16(23)13-17/h2-11,13-14,20,26H,12H2,1H3,(H,25,27). The quantitative estimate of drug-likeness (QED) is 0.497. The van der Waals surface area contributed by atoms with Crippen molar-refractivity contribution < 1.29 is 17.9 Å². The maximum Gasteiger partial charge on any atom is 0.242 e. The lowest BCUT2D eigenvalue weighted by Gasteiger charge is -2.19. The smallest absolute Gasteiger partial charge is 0.242 e. The zero-order valence-corrected chi connectivity index (χ0v) is 18.8. The molecule has 3 rings (SSSR count). The first-order chi connectivity index (χ1) is 14.8. The molecule has 0 saturated carbocycles. The molecule has 2 N–H and O–H groups in total. The Morgan fingerprint density at radius 3 is 2.39 bits per heavy atom. The fourth-order valence-corrected chi connectivity index (χ4v) is 4.64. The lowest BCUT2D eigenvalue weighted by atomic mass is 10.1. The van der Waals surface area contributed by atoms with Crippen molar-refractivity contribution >= 4 is 44.8 Å². The van der Waals surface area contributed by atoms with E-state index in [-0.39, 0.29) is 16.3 Å². The van der Waals surface area contributed by atoms with Gasteiger partial charge in [-0.3, -0.25) is 4.79 Å². The number of rotatable bonds is 8. The van der Waals surface area contributed by atoms with Gasteiger partial charge >= 0.3 is 0 Å². The number of hydrogen-bond acceptors (Lipinski definition) is 4. The summed E-state index contributed by atoms with van der Waals surface area (Å²) < 4.78 is 33.5. The number of halogens is 2. The number of sulfonamides is 1. The molecule has 162 valence electrons. The molecule has 31 heavy (non-hydrogen) atoms. The Morgan fingerprint density at radius 1 is 1.00 bits per heavy atom. The van der Waals surface area contributed by atoms with Gasteiger partial charge in [0.25, 0.3) is 0 Å². The van der Waals surface area contributed by atoms with Crippen molar-refractivity contribution in [1.29, 1.82) is 0 Å². The molecule has 3 aromatic rings. The zero-order chi connectivity index (χ0) is 22.4. The Hall–Kier alpha value is -2.58. The average molecular weight is 479 g/mol. The Bertz CT molecular complexity index is 1170. The summed E-state index contributed by atoms with van der Waals surface area (Å²) in [6.07, 6.45) is 0.149. The molecule has 0 aliphatic carbocycles. The van der Waals surface area contributed by atoms with Crippen molar-refractivity contribution in [2.75, 3.05) is 12.4 Å². The molecule has 0 bridgehead atoms. The minimum absolute atomic E-state index is 0.0769. The van der Waals surface area contributed by atoms with Crippen LogP contribution < -0.4 is 14.8 Å². The molecule has 9 heteroatoms. The van der Waals surface area contributed by atoms with Gasteiger partial charge < -0.3 is 10.1 Å². The summed E-state index contributed by atoms with van der Waals surface area (Å²) in [5, 5.41) is 3.31. The van der Waals surface area contributed by atoms with Crippen molar-refractivity contribution in [1.82, 2.24) is 4.72 Å². The highest BCUT2D eigenvalue weighted by Crippen LogP contribution is 2.27. The van der Waals surface area contributed by atoms with E-state index < -0.39 is 22.0 Å². The number of benzene rings is 3. The number of carbonyl (C=O) groups is 1. The first-order valence-corrected chi connectivity index (χ1v) is 11.5. The number of hydrogen-bond donors (Lipinski definition) is 2. The average Bonchev–Trinajstić information content (AvgIpc) is 2.74. The van der Waals surface area contributed by atoms with E-state index in [2.05, 4.69) is 10.0 Å². The molecule has 0 radical (unpaired) electrons. The van der Waals surface area contributed by atoms with Crippen LogP contribution in [0.3, 0.4) is 0 Å². The number of carbonyl (C=O) groups excluding carboxylic acids is 1. The third-order valence-electron chi connectivity index (χ3n) is 4.42. The van der Waals surface area contributed by atoms with E-state index in [4.69, 9.17) is 27.9 Å². The molecule has 1 atom stereocenters. The highest BCUT2D eigenvalue weighted by molar-refractivity contribution is 7.89. The van der Waals surface area contributed by atoms with Crippen molar-refractivity contribution in [3.8, 4) is 5.75 Å². The monoisotopic (exact) mass is 478 g/mol. The highest BCUT2D eigenvalue weighted by Gasteiger charge is 2.27. The van der Waals surface area contributed by atoms with Crippen molar-refractivity contribution in [2.24, 2.45) is 0 Å². The molecule has 0 aliphatic heterocycles. The van der Waals surface area contributed by atoms with E-state index in [0.717, 1.165) is 5.56 Å². The number of amides is 1. The summed E-state index contributed by atoms with van der Waals surface area (Å²) in [6, 6.07) is 18.7. The minimum atomic E-state index is -4.05. The molecule has 0 spiro atoms. The van der Waals surface area contributed by atoms with Crippen LogP contribution in [0.4, 0.5) is 5.69 Å². The third-order valence-corrected chi connectivity index (χ3v) is 6.42. The normalized spacial score (nSPS) is 12.2. The summed E-state index contributed by atoms with van der Waals surface area (Å²) in [5.41, 5.74) is 1.26. The van der Waals surface area contributed by atoms with Crippen LogP contribution in [0.2, 0.25) is 10.0 Å². The lowest BCUT2D eigenvalue weighted by Crippen LogP contribution is -2.45. The number of ether oxygens (including phenoxy) is 1. The summed E-state index contributed by atoms with van der Waals surface area (Å²) in [7, 11) is -2.62. The van der Waals surface area contributed by atoms with Crippen LogP contribution in [0.1, 0.15) is 5.56 Å². The molecule has 0 heterocycles. The largest absolute Gasteiger partial charge is 0.495 e. The van der Waals surface area contributed by atoms with Crippen LogP contribution in [0.15, 0.2) is 77.7 Å². The number of nitrogens with one attached hydrogen (secondary N) is 2. The van der Waals surface area contributed by atoms with Crippen LogP contribution in [0.5, 0.6) is 5.75 Å². The molecule has 1 unspecified atom stereocenters. The van der Waals surface area contributed by atoms with Gasteiger partial charge in [0.15, 0.2) is 0 Å². The number of anilines is 1. The van der Waals surface area contributed by atoms with Crippen LogP contribution in [-0.2, 0) is 21.2 Å². The van der Waals surface area contributed by atoms with Crippen LogP contribution in [0.25, 0.3) is 0 Å². The van der Waals surface area contributed by atoms with Gasteiger partial charge in [-0.15, -0.1) is 0 Å². The van der Waals surface area contributed by atoms with Crippen LogP contribution in [-0.4, -0.2) is 27.5 Å². The van der Waals surface area contributed by atoms with Crippen molar-refractivity contribution in [3.63, 3.8) is 0 Å².